The summed E-state index contributed by atoms with van der Waals surface area (Å²) in [6.07, 6.45) is 7.13. The molecule has 0 radical (unpaired) electrons. The van der Waals surface area contributed by atoms with E-state index in [0.29, 0.717) is 18.1 Å². The first kappa shape index (κ1) is 14.1. The molecule has 0 bridgehead atoms. The third kappa shape index (κ3) is 2.76. The van der Waals surface area contributed by atoms with E-state index in [1.807, 2.05) is 6.20 Å². The average molecular weight is 341 g/mol. The Morgan fingerprint density at radius 2 is 2.30 bits per heavy atom. The maximum Gasteiger partial charge on any atom is 0.224 e. The molecule has 2 unspecified atom stereocenters. The standard InChI is InChI=1S/C14H21BrN4O/c1-2-16-14-17-9-10(15)13(18-14)19-7-8-20-12-6-4-3-5-11(12)19/h9,11-12H,2-8H2,1H3,(H,16,17,18). The molecular weight excluding hydrogens is 320 g/mol. The molecule has 20 heavy (non-hydrogen) atoms. The summed E-state index contributed by atoms with van der Waals surface area (Å²) in [7, 11) is 0. The summed E-state index contributed by atoms with van der Waals surface area (Å²) in [6, 6.07) is 0.457. The van der Waals surface area contributed by atoms with E-state index in [0.717, 1.165) is 30.0 Å². The molecule has 0 spiro atoms. The van der Waals surface area contributed by atoms with Crippen molar-refractivity contribution < 1.29 is 4.74 Å². The fourth-order valence-corrected chi connectivity index (χ4v) is 3.58. The van der Waals surface area contributed by atoms with Crippen LogP contribution in [0.2, 0.25) is 0 Å². The molecule has 2 heterocycles. The van der Waals surface area contributed by atoms with Crippen molar-refractivity contribution in [2.24, 2.45) is 0 Å². The Hall–Kier alpha value is -0.880. The van der Waals surface area contributed by atoms with E-state index in [4.69, 9.17) is 4.74 Å². The summed E-state index contributed by atoms with van der Waals surface area (Å²) in [5.74, 6) is 1.70. The number of nitrogens with one attached hydrogen (secondary N) is 1. The Labute approximate surface area is 128 Å². The Bertz CT molecular complexity index is 468. The molecule has 5 nitrogen and oxygen atoms in total. The third-order valence-corrected chi connectivity index (χ3v) is 4.62. The highest BCUT2D eigenvalue weighted by molar-refractivity contribution is 9.10. The first-order valence-corrected chi connectivity index (χ1v) is 8.23. The summed E-state index contributed by atoms with van der Waals surface area (Å²) >= 11 is 3.60. The number of hydrogen-bond acceptors (Lipinski definition) is 5. The first-order valence-electron chi connectivity index (χ1n) is 7.44. The molecule has 2 aliphatic rings. The molecule has 110 valence electrons. The van der Waals surface area contributed by atoms with Crippen molar-refractivity contribution in [3.8, 4) is 0 Å². The number of hydrogen-bond donors (Lipinski definition) is 1. The van der Waals surface area contributed by atoms with Gasteiger partial charge in [-0.15, -0.1) is 0 Å². The molecule has 0 amide bonds. The monoisotopic (exact) mass is 340 g/mol. The van der Waals surface area contributed by atoms with Gasteiger partial charge in [0.2, 0.25) is 5.95 Å². The van der Waals surface area contributed by atoms with E-state index in [1.165, 1.54) is 25.7 Å². The predicted octanol–water partition coefficient (Wildman–Crippen LogP) is 2.82. The quantitative estimate of drug-likeness (QED) is 0.916. The second-order valence-electron chi connectivity index (χ2n) is 5.35. The molecule has 3 rings (SSSR count). The SMILES string of the molecule is CCNc1ncc(Br)c(N2CCOC3CCCCC32)n1. The summed E-state index contributed by atoms with van der Waals surface area (Å²) in [5, 5.41) is 3.19. The van der Waals surface area contributed by atoms with E-state index in [1.54, 1.807) is 0 Å². The molecule has 2 atom stereocenters. The minimum Gasteiger partial charge on any atom is -0.374 e. The maximum atomic E-state index is 5.94. The minimum atomic E-state index is 0.363. The van der Waals surface area contributed by atoms with Crippen molar-refractivity contribution in [3.05, 3.63) is 10.7 Å². The number of nitrogens with zero attached hydrogens (tertiary/aromatic N) is 3. The van der Waals surface area contributed by atoms with Gasteiger partial charge in [-0.25, -0.2) is 4.98 Å². The maximum absolute atomic E-state index is 5.94. The lowest BCUT2D eigenvalue weighted by Gasteiger charge is -2.44. The molecule has 1 aliphatic carbocycles. The zero-order valence-electron chi connectivity index (χ0n) is 11.8. The van der Waals surface area contributed by atoms with Crippen LogP contribution >= 0.6 is 15.9 Å². The normalized spacial score (nSPS) is 26.2. The van der Waals surface area contributed by atoms with Crippen LogP contribution in [0.1, 0.15) is 32.6 Å². The van der Waals surface area contributed by atoms with Crippen molar-refractivity contribution in [2.45, 2.75) is 44.8 Å². The summed E-state index contributed by atoms with van der Waals surface area (Å²) in [5.41, 5.74) is 0. The zero-order chi connectivity index (χ0) is 13.9. The van der Waals surface area contributed by atoms with Gasteiger partial charge in [0.15, 0.2) is 0 Å². The first-order chi connectivity index (χ1) is 9.79. The molecule has 1 aromatic rings. The fourth-order valence-electron chi connectivity index (χ4n) is 3.16. The van der Waals surface area contributed by atoms with Crippen LogP contribution in [-0.4, -0.2) is 41.8 Å². The Morgan fingerprint density at radius 1 is 1.45 bits per heavy atom. The number of halogens is 1. The average Bonchev–Trinajstić information content (AvgIpc) is 2.49. The molecule has 1 saturated carbocycles. The van der Waals surface area contributed by atoms with Crippen LogP contribution in [0.3, 0.4) is 0 Å². The van der Waals surface area contributed by atoms with Gasteiger partial charge < -0.3 is 15.0 Å². The highest BCUT2D eigenvalue weighted by atomic mass is 79.9. The predicted molar refractivity (Wildman–Crippen MR) is 83.2 cm³/mol. The molecule has 1 N–H and O–H groups in total. The van der Waals surface area contributed by atoms with Crippen molar-refractivity contribution >= 4 is 27.7 Å². The van der Waals surface area contributed by atoms with E-state index in [9.17, 15) is 0 Å². The van der Waals surface area contributed by atoms with Crippen LogP contribution in [0.15, 0.2) is 10.7 Å². The molecule has 1 saturated heterocycles. The van der Waals surface area contributed by atoms with Gasteiger partial charge in [0.1, 0.15) is 5.82 Å². The third-order valence-electron chi connectivity index (χ3n) is 4.06. The van der Waals surface area contributed by atoms with Gasteiger partial charge in [0.05, 0.1) is 23.2 Å². The van der Waals surface area contributed by atoms with Gasteiger partial charge >= 0.3 is 0 Å². The Balaban J connectivity index is 1.88. The fraction of sp³-hybridized carbons (Fsp3) is 0.714. The second kappa shape index (κ2) is 6.26. The van der Waals surface area contributed by atoms with Crippen molar-refractivity contribution in [1.29, 1.82) is 0 Å². The number of anilines is 2. The van der Waals surface area contributed by atoms with Gasteiger partial charge in [-0.1, -0.05) is 12.8 Å². The minimum absolute atomic E-state index is 0.363. The van der Waals surface area contributed by atoms with Crippen molar-refractivity contribution in [2.75, 3.05) is 29.9 Å². The van der Waals surface area contributed by atoms with Gasteiger partial charge in [-0.2, -0.15) is 4.98 Å². The van der Waals surface area contributed by atoms with Crippen molar-refractivity contribution in [3.63, 3.8) is 0 Å². The number of rotatable bonds is 3. The number of ether oxygens (including phenoxy) is 1. The van der Waals surface area contributed by atoms with Crippen LogP contribution in [0.25, 0.3) is 0 Å². The van der Waals surface area contributed by atoms with Gasteiger partial charge in [-0.3, -0.25) is 0 Å². The van der Waals surface area contributed by atoms with Gasteiger partial charge in [-0.05, 0) is 35.7 Å². The second-order valence-corrected chi connectivity index (χ2v) is 6.20. The van der Waals surface area contributed by atoms with E-state index < -0.39 is 0 Å². The lowest BCUT2D eigenvalue weighted by Crippen LogP contribution is -2.53. The van der Waals surface area contributed by atoms with E-state index in [2.05, 4.69) is 43.0 Å². The molecular formula is C14H21BrN4O. The van der Waals surface area contributed by atoms with Crippen LogP contribution in [-0.2, 0) is 4.74 Å². The van der Waals surface area contributed by atoms with Gasteiger partial charge in [0, 0.05) is 19.3 Å². The zero-order valence-corrected chi connectivity index (χ0v) is 13.4. The summed E-state index contributed by atoms with van der Waals surface area (Å²) in [6.45, 7) is 4.57. The molecule has 6 heteroatoms. The summed E-state index contributed by atoms with van der Waals surface area (Å²) < 4.78 is 6.90. The number of aromatic nitrogens is 2. The smallest absolute Gasteiger partial charge is 0.224 e. The van der Waals surface area contributed by atoms with Crippen LogP contribution < -0.4 is 10.2 Å². The topological polar surface area (TPSA) is 50.3 Å². The number of fused-ring (bicyclic) bond motifs is 1. The van der Waals surface area contributed by atoms with Crippen molar-refractivity contribution in [1.82, 2.24) is 9.97 Å². The lowest BCUT2D eigenvalue weighted by atomic mass is 9.90. The van der Waals surface area contributed by atoms with Crippen LogP contribution in [0, 0.1) is 0 Å². The highest BCUT2D eigenvalue weighted by Crippen LogP contribution is 2.34. The molecule has 1 aromatic heterocycles. The van der Waals surface area contributed by atoms with Gasteiger partial charge in [0.25, 0.3) is 0 Å². The number of morpholine rings is 1. The van der Waals surface area contributed by atoms with Crippen LogP contribution in [0.5, 0.6) is 0 Å². The molecule has 0 aromatic carbocycles. The Kier molecular flexibility index (Phi) is 4.41. The lowest BCUT2D eigenvalue weighted by molar-refractivity contribution is -0.00904. The molecule has 2 fully saturated rings. The molecule has 1 aliphatic heterocycles. The Morgan fingerprint density at radius 3 is 3.15 bits per heavy atom. The van der Waals surface area contributed by atoms with Crippen LogP contribution in [0.4, 0.5) is 11.8 Å². The highest BCUT2D eigenvalue weighted by Gasteiger charge is 2.35. The van der Waals surface area contributed by atoms with E-state index >= 15 is 0 Å². The largest absolute Gasteiger partial charge is 0.374 e. The van der Waals surface area contributed by atoms with E-state index in [-0.39, 0.29) is 0 Å². The summed E-state index contributed by atoms with van der Waals surface area (Å²) in [4.78, 5) is 11.4.